The Labute approximate surface area is 96.0 Å². The second-order valence-electron chi connectivity index (χ2n) is 4.30. The van der Waals surface area contributed by atoms with Gasteiger partial charge in [0.05, 0.1) is 0 Å². The summed E-state index contributed by atoms with van der Waals surface area (Å²) < 4.78 is 26.6. The van der Waals surface area contributed by atoms with Crippen LogP contribution in [0, 0.1) is 0 Å². The largest absolute Gasteiger partial charge is 0.383 e. The van der Waals surface area contributed by atoms with Gasteiger partial charge >= 0.3 is 5.92 Å². The quantitative estimate of drug-likeness (QED) is 0.816. The second-order valence-corrected chi connectivity index (χ2v) is 4.30. The number of aliphatic hydroxyl groups is 1. The Hall–Kier alpha value is -0.510. The summed E-state index contributed by atoms with van der Waals surface area (Å²) >= 11 is 0. The first kappa shape index (κ1) is 15.5. The number of hydrogen-bond donors (Lipinski definition) is 1. The molecular weight excluding hydrogens is 214 g/mol. The number of Topliss-reactive ketones (excluding diaryl/α,β-unsaturated/α-hetero) is 1. The van der Waals surface area contributed by atoms with E-state index in [1.807, 2.05) is 0 Å². The highest BCUT2D eigenvalue weighted by atomic mass is 19.3. The van der Waals surface area contributed by atoms with Gasteiger partial charge in [-0.25, -0.2) is 0 Å². The van der Waals surface area contributed by atoms with Crippen molar-refractivity contribution in [3.05, 3.63) is 0 Å². The van der Waals surface area contributed by atoms with Crippen LogP contribution in [0.4, 0.5) is 8.78 Å². The van der Waals surface area contributed by atoms with Gasteiger partial charge in [-0.3, -0.25) is 4.79 Å². The Kier molecular flexibility index (Phi) is 6.08. The lowest BCUT2D eigenvalue weighted by molar-refractivity contribution is -0.188. The van der Waals surface area contributed by atoms with Crippen molar-refractivity contribution < 1.29 is 18.7 Å². The first-order valence-corrected chi connectivity index (χ1v) is 5.99. The normalized spacial score (nSPS) is 18.9. The van der Waals surface area contributed by atoms with E-state index in [9.17, 15) is 18.7 Å². The molecule has 0 amide bonds. The van der Waals surface area contributed by atoms with Gasteiger partial charge in [0.25, 0.3) is 0 Å². The molecular formula is C12H22F2O2. The molecule has 1 saturated carbocycles. The fourth-order valence-electron chi connectivity index (χ4n) is 1.76. The number of hydrogen-bond acceptors (Lipinski definition) is 2. The molecule has 16 heavy (non-hydrogen) atoms. The fourth-order valence-corrected chi connectivity index (χ4v) is 1.76. The van der Waals surface area contributed by atoms with Gasteiger partial charge in [-0.1, -0.05) is 40.0 Å². The molecule has 0 aromatic heterocycles. The molecule has 0 spiro atoms. The topological polar surface area (TPSA) is 37.3 Å². The van der Waals surface area contributed by atoms with Crippen LogP contribution in [-0.2, 0) is 4.79 Å². The minimum absolute atomic E-state index is 0.0335. The molecule has 0 unspecified atom stereocenters. The van der Waals surface area contributed by atoms with Gasteiger partial charge in [0, 0.05) is 6.42 Å². The van der Waals surface area contributed by atoms with E-state index in [-0.39, 0.29) is 19.3 Å². The Morgan fingerprint density at radius 1 is 1.25 bits per heavy atom. The van der Waals surface area contributed by atoms with Gasteiger partial charge in [-0.05, 0) is 12.8 Å². The lowest BCUT2D eigenvalue weighted by Crippen LogP contribution is -2.51. The lowest BCUT2D eigenvalue weighted by atomic mass is 9.90. The predicted molar refractivity (Wildman–Crippen MR) is 59.6 cm³/mol. The molecule has 0 atom stereocenters. The predicted octanol–water partition coefficient (Wildman–Crippen LogP) is 3.32. The molecule has 1 fully saturated rings. The number of halogens is 2. The first-order chi connectivity index (χ1) is 7.35. The van der Waals surface area contributed by atoms with E-state index in [1.165, 1.54) is 13.3 Å². The second kappa shape index (κ2) is 6.28. The maximum atomic E-state index is 13.3. The number of rotatable bonds is 3. The van der Waals surface area contributed by atoms with Crippen LogP contribution in [0.15, 0.2) is 0 Å². The molecule has 0 bridgehead atoms. The van der Waals surface area contributed by atoms with Crippen LogP contribution >= 0.6 is 0 Å². The molecule has 0 aliphatic heterocycles. The number of carbonyl (C=O) groups excluding carboxylic acids is 1. The van der Waals surface area contributed by atoms with Gasteiger partial charge in [0.1, 0.15) is 5.60 Å². The van der Waals surface area contributed by atoms with E-state index < -0.39 is 17.3 Å². The number of carbonyl (C=O) groups is 1. The van der Waals surface area contributed by atoms with Crippen LogP contribution < -0.4 is 0 Å². The van der Waals surface area contributed by atoms with Gasteiger partial charge in [-0.15, -0.1) is 0 Å². The van der Waals surface area contributed by atoms with E-state index in [4.69, 9.17) is 0 Å². The lowest BCUT2D eigenvalue weighted by Gasteiger charge is -2.30. The average molecular weight is 236 g/mol. The van der Waals surface area contributed by atoms with E-state index in [2.05, 4.69) is 13.8 Å². The summed E-state index contributed by atoms with van der Waals surface area (Å²) in [5.74, 6) is -4.71. The van der Waals surface area contributed by atoms with Crippen LogP contribution in [0.5, 0.6) is 0 Å². The highest BCUT2D eigenvalue weighted by Crippen LogP contribution is 2.42. The average Bonchev–Trinajstić information content (AvgIpc) is 2.66. The zero-order valence-electron chi connectivity index (χ0n) is 10.4. The molecule has 0 radical (unpaired) electrons. The molecule has 0 heterocycles. The van der Waals surface area contributed by atoms with Gasteiger partial charge in [-0.2, -0.15) is 8.78 Å². The van der Waals surface area contributed by atoms with Crippen molar-refractivity contribution in [3.8, 4) is 0 Å². The molecule has 0 aromatic rings. The van der Waals surface area contributed by atoms with E-state index in [0.717, 1.165) is 0 Å². The van der Waals surface area contributed by atoms with Gasteiger partial charge < -0.3 is 5.11 Å². The van der Waals surface area contributed by atoms with Gasteiger partial charge in [0.2, 0.25) is 5.78 Å². The van der Waals surface area contributed by atoms with E-state index in [1.54, 1.807) is 0 Å². The molecule has 1 aliphatic rings. The zero-order valence-corrected chi connectivity index (χ0v) is 10.4. The smallest absolute Gasteiger partial charge is 0.333 e. The van der Waals surface area contributed by atoms with Crippen molar-refractivity contribution >= 4 is 5.78 Å². The summed E-state index contributed by atoms with van der Waals surface area (Å²) in [5.41, 5.74) is -2.07. The number of ketones is 1. The molecule has 1 N–H and O–H groups in total. The SMILES string of the molecule is CCC.CCC(=O)C(F)(F)C1(O)CCCC1. The molecule has 2 nitrogen and oxygen atoms in total. The Morgan fingerprint density at radius 2 is 1.62 bits per heavy atom. The summed E-state index contributed by atoms with van der Waals surface area (Å²) in [6.45, 7) is 5.63. The fraction of sp³-hybridized carbons (Fsp3) is 0.917. The summed E-state index contributed by atoms with van der Waals surface area (Å²) in [6, 6.07) is 0. The monoisotopic (exact) mass is 236 g/mol. The summed E-state index contributed by atoms with van der Waals surface area (Å²) in [7, 11) is 0. The minimum atomic E-state index is -3.56. The third-order valence-electron chi connectivity index (χ3n) is 2.69. The van der Waals surface area contributed by atoms with Crippen molar-refractivity contribution in [3.63, 3.8) is 0 Å². The highest BCUT2D eigenvalue weighted by molar-refractivity contribution is 5.86. The van der Waals surface area contributed by atoms with Crippen LogP contribution in [0.1, 0.15) is 59.3 Å². The van der Waals surface area contributed by atoms with E-state index >= 15 is 0 Å². The Bertz CT molecular complexity index is 221. The van der Waals surface area contributed by atoms with E-state index in [0.29, 0.717) is 12.8 Å². The molecule has 1 rings (SSSR count). The highest BCUT2D eigenvalue weighted by Gasteiger charge is 2.57. The maximum absolute atomic E-state index is 13.3. The molecule has 0 saturated heterocycles. The molecule has 0 aromatic carbocycles. The summed E-state index contributed by atoms with van der Waals surface area (Å²) in [6.07, 6.45) is 2.24. The molecule has 4 heteroatoms. The van der Waals surface area contributed by atoms with Crippen LogP contribution in [0.25, 0.3) is 0 Å². The summed E-state index contributed by atoms with van der Waals surface area (Å²) in [4.78, 5) is 10.9. The van der Waals surface area contributed by atoms with Crippen molar-refractivity contribution in [1.29, 1.82) is 0 Å². The third kappa shape index (κ3) is 3.24. The van der Waals surface area contributed by atoms with Crippen molar-refractivity contribution in [1.82, 2.24) is 0 Å². The Balaban J connectivity index is 0.000000673. The zero-order chi connectivity index (χ0) is 12.8. The van der Waals surface area contributed by atoms with Crippen LogP contribution in [-0.4, -0.2) is 22.4 Å². The van der Waals surface area contributed by atoms with Crippen molar-refractivity contribution in [2.75, 3.05) is 0 Å². The third-order valence-corrected chi connectivity index (χ3v) is 2.69. The van der Waals surface area contributed by atoms with Gasteiger partial charge in [0.15, 0.2) is 0 Å². The van der Waals surface area contributed by atoms with Crippen molar-refractivity contribution in [2.45, 2.75) is 70.8 Å². The van der Waals surface area contributed by atoms with Crippen LogP contribution in [0.3, 0.4) is 0 Å². The Morgan fingerprint density at radius 3 is 1.94 bits per heavy atom. The minimum Gasteiger partial charge on any atom is -0.383 e. The maximum Gasteiger partial charge on any atom is 0.333 e. The first-order valence-electron chi connectivity index (χ1n) is 5.99. The molecule has 1 aliphatic carbocycles. The molecule has 96 valence electrons. The number of alkyl halides is 2. The van der Waals surface area contributed by atoms with Crippen LogP contribution in [0.2, 0.25) is 0 Å². The summed E-state index contributed by atoms with van der Waals surface area (Å²) in [5, 5.41) is 9.55. The standard InChI is InChI=1S/C9H14F2O2.C3H8/c1-2-7(12)9(10,11)8(13)5-3-4-6-8;1-3-2/h13H,2-6H2,1H3;3H2,1-2H3. The van der Waals surface area contributed by atoms with Crippen molar-refractivity contribution in [2.24, 2.45) is 0 Å².